The maximum absolute atomic E-state index is 14.1. The summed E-state index contributed by atoms with van der Waals surface area (Å²) in [4.78, 5) is 37.2. The Labute approximate surface area is 266 Å². The first kappa shape index (κ1) is 28.8. The number of fused-ring (bicyclic) bond motifs is 4. The van der Waals surface area contributed by atoms with Crippen molar-refractivity contribution >= 4 is 17.5 Å². The summed E-state index contributed by atoms with van der Waals surface area (Å²) in [6.07, 6.45) is 4.46. The van der Waals surface area contributed by atoms with Gasteiger partial charge in [0.2, 0.25) is 17.7 Å². The van der Waals surface area contributed by atoms with Crippen molar-refractivity contribution in [1.82, 2.24) is 20.6 Å². The van der Waals surface area contributed by atoms with E-state index in [1.807, 2.05) is 57.2 Å². The van der Waals surface area contributed by atoms with Crippen LogP contribution in [-0.2, 0) is 21.4 Å². The Hall–Kier alpha value is -4.64. The molecule has 46 heavy (non-hydrogen) atoms. The van der Waals surface area contributed by atoms with Crippen molar-refractivity contribution in [2.75, 3.05) is 5.32 Å². The predicted molar refractivity (Wildman–Crippen MR) is 167 cm³/mol. The fraction of sp³-hybridized carbons (Fsp3) is 0.429. The minimum absolute atomic E-state index is 0.132. The largest absolute Gasteiger partial charge is 0.469 e. The third-order valence-corrected chi connectivity index (χ3v) is 9.96. The van der Waals surface area contributed by atoms with Gasteiger partial charge in [0, 0.05) is 17.7 Å². The predicted octanol–water partition coefficient (Wildman–Crippen LogP) is 4.67. The molecule has 4 atom stereocenters. The Balaban J connectivity index is 1.33. The molecule has 0 saturated heterocycles. The van der Waals surface area contributed by atoms with E-state index in [4.69, 9.17) is 18.6 Å². The molecule has 11 heteroatoms. The summed E-state index contributed by atoms with van der Waals surface area (Å²) >= 11 is 0. The minimum atomic E-state index is -1.50. The minimum Gasteiger partial charge on any atom is -0.469 e. The van der Waals surface area contributed by atoms with Gasteiger partial charge in [0.1, 0.15) is 35.1 Å². The second-order valence-corrected chi connectivity index (χ2v) is 13.4. The third-order valence-electron chi connectivity index (χ3n) is 9.96. The molecule has 2 amide bonds. The van der Waals surface area contributed by atoms with Crippen LogP contribution < -0.4 is 20.7 Å². The molecule has 0 radical (unpaired) electrons. The van der Waals surface area contributed by atoms with Gasteiger partial charge in [-0.25, -0.2) is 9.97 Å². The van der Waals surface area contributed by atoms with E-state index >= 15 is 0 Å². The molecule has 2 aromatic carbocycles. The van der Waals surface area contributed by atoms with Gasteiger partial charge in [-0.1, -0.05) is 63.4 Å². The van der Waals surface area contributed by atoms with E-state index in [0.717, 1.165) is 41.6 Å². The first-order valence-corrected chi connectivity index (χ1v) is 16.1. The lowest BCUT2D eigenvalue weighted by Crippen LogP contribution is -2.56. The monoisotopic (exact) mass is 623 g/mol. The van der Waals surface area contributed by atoms with Gasteiger partial charge in [-0.3, -0.25) is 9.59 Å². The second-order valence-electron chi connectivity index (χ2n) is 13.4. The molecule has 238 valence electrons. The standard InChI is InChI=1S/C35H37N5O6/c1-18(2)26-31-40-27(30-36-19(3)17-44-30)28(46-31)35-21-9-5-6-10-23(21)38-33(35)45-25-12-11-20(15-22(25)35)16-24(29(41)39-26)37-32(42)34(43)13-7-4-8-14-34/h5-6,9-12,15,17-18,24,26,33,38,43H,4,7-8,13-14,16H2,1-3H3,(H,37,42)(H,39,41)/t24-,26-,33-,35?/m0/s1. The summed E-state index contributed by atoms with van der Waals surface area (Å²) in [5, 5.41) is 20.8. The van der Waals surface area contributed by atoms with Gasteiger partial charge in [-0.15, -0.1) is 0 Å². The zero-order valence-corrected chi connectivity index (χ0v) is 26.1. The van der Waals surface area contributed by atoms with Crippen molar-refractivity contribution in [3.05, 3.63) is 82.8 Å². The highest BCUT2D eigenvalue weighted by molar-refractivity contribution is 5.92. The maximum Gasteiger partial charge on any atom is 0.252 e. The number of rotatable bonds is 4. The van der Waals surface area contributed by atoms with Gasteiger partial charge in [0.15, 0.2) is 17.7 Å². The van der Waals surface area contributed by atoms with Crippen LogP contribution in [0.3, 0.4) is 0 Å². The molecule has 11 nitrogen and oxygen atoms in total. The van der Waals surface area contributed by atoms with Gasteiger partial charge < -0.3 is 34.6 Å². The van der Waals surface area contributed by atoms with Crippen LogP contribution in [0, 0.1) is 12.8 Å². The number of carbonyl (C=O) groups excluding carboxylic acids is 2. The number of amides is 2. The molecule has 4 aliphatic rings. The Morgan fingerprint density at radius 1 is 1.07 bits per heavy atom. The van der Waals surface area contributed by atoms with Gasteiger partial charge in [0.05, 0.1) is 5.69 Å². The van der Waals surface area contributed by atoms with Crippen molar-refractivity contribution in [2.45, 2.75) is 88.6 Å². The molecular formula is C35H37N5O6. The van der Waals surface area contributed by atoms with Crippen molar-refractivity contribution < 1.29 is 28.3 Å². The molecule has 4 bridgehead atoms. The quantitative estimate of drug-likeness (QED) is 0.254. The van der Waals surface area contributed by atoms with Crippen LogP contribution in [0.15, 0.2) is 57.6 Å². The molecular weight excluding hydrogens is 586 g/mol. The highest BCUT2D eigenvalue weighted by Crippen LogP contribution is 2.59. The Morgan fingerprint density at radius 2 is 1.87 bits per heavy atom. The number of carbonyl (C=O) groups is 2. The highest BCUT2D eigenvalue weighted by atomic mass is 16.5. The SMILES string of the molecule is Cc1coc(-c2nc3oc2C24c5ccccc5N[C@H]2Oc2ccc(cc24)C[C@H](NC(=O)C2(O)CCCCC2)C(=O)N[C@H]3C(C)C)n1. The van der Waals surface area contributed by atoms with Crippen molar-refractivity contribution in [3.63, 3.8) is 0 Å². The van der Waals surface area contributed by atoms with Crippen molar-refractivity contribution in [3.8, 4) is 17.3 Å². The summed E-state index contributed by atoms with van der Waals surface area (Å²) in [5.41, 5.74) is 2.18. The number of para-hydroxylation sites is 1. The Morgan fingerprint density at radius 3 is 2.63 bits per heavy atom. The first-order valence-electron chi connectivity index (χ1n) is 16.1. The Kier molecular flexibility index (Phi) is 6.54. The number of anilines is 1. The van der Waals surface area contributed by atoms with Gasteiger partial charge in [-0.2, -0.15) is 0 Å². The zero-order valence-electron chi connectivity index (χ0n) is 26.1. The number of ether oxygens (including phenoxy) is 1. The number of aryl methyl sites for hydroxylation is 1. The average Bonchev–Trinajstić information content (AvgIpc) is 3.80. The molecule has 4 aromatic rings. The van der Waals surface area contributed by atoms with E-state index in [2.05, 4.69) is 27.0 Å². The lowest BCUT2D eigenvalue weighted by Gasteiger charge is -2.33. The van der Waals surface area contributed by atoms with E-state index in [0.29, 0.717) is 47.5 Å². The lowest BCUT2D eigenvalue weighted by atomic mass is 9.72. The maximum atomic E-state index is 14.1. The number of hydrogen-bond donors (Lipinski definition) is 4. The van der Waals surface area contributed by atoms with E-state index in [9.17, 15) is 14.7 Å². The molecule has 1 saturated carbocycles. The number of aromatic nitrogens is 2. The second kappa shape index (κ2) is 10.4. The van der Waals surface area contributed by atoms with Gasteiger partial charge >= 0.3 is 0 Å². The summed E-state index contributed by atoms with van der Waals surface area (Å²) in [6.45, 7) is 5.79. The average molecular weight is 624 g/mol. The molecule has 3 aliphatic heterocycles. The lowest BCUT2D eigenvalue weighted by molar-refractivity contribution is -0.145. The summed E-state index contributed by atoms with van der Waals surface area (Å²) in [7, 11) is 0. The van der Waals surface area contributed by atoms with Gasteiger partial charge in [-0.05, 0) is 48.9 Å². The molecule has 4 N–H and O–H groups in total. The molecule has 2 aromatic heterocycles. The number of hydrogen-bond acceptors (Lipinski definition) is 9. The zero-order chi connectivity index (χ0) is 31.8. The fourth-order valence-electron chi connectivity index (χ4n) is 7.57. The summed E-state index contributed by atoms with van der Waals surface area (Å²) in [6, 6.07) is 12.3. The van der Waals surface area contributed by atoms with Crippen molar-refractivity contribution in [2.24, 2.45) is 5.92 Å². The van der Waals surface area contributed by atoms with Crippen LogP contribution in [0.1, 0.15) is 86.0 Å². The molecule has 1 unspecified atom stereocenters. The van der Waals surface area contributed by atoms with Crippen LogP contribution in [0.2, 0.25) is 0 Å². The fourth-order valence-corrected chi connectivity index (χ4v) is 7.57. The number of nitrogens with one attached hydrogen (secondary N) is 3. The van der Waals surface area contributed by atoms with Crippen LogP contribution in [0.4, 0.5) is 5.69 Å². The van der Waals surface area contributed by atoms with E-state index in [1.165, 1.54) is 0 Å². The molecule has 1 spiro atoms. The number of aliphatic hydroxyl groups is 1. The Bertz CT molecular complexity index is 1860. The van der Waals surface area contributed by atoms with E-state index in [-0.39, 0.29) is 12.3 Å². The molecule has 8 rings (SSSR count). The number of benzene rings is 2. The van der Waals surface area contributed by atoms with Crippen LogP contribution in [-0.4, -0.2) is 44.8 Å². The number of oxazole rings is 2. The van der Waals surface area contributed by atoms with Crippen molar-refractivity contribution in [1.29, 1.82) is 0 Å². The molecule has 5 heterocycles. The van der Waals surface area contributed by atoms with Crippen LogP contribution in [0.5, 0.6) is 5.75 Å². The van der Waals surface area contributed by atoms with E-state index in [1.54, 1.807) is 6.26 Å². The molecule has 1 fully saturated rings. The first-order chi connectivity index (χ1) is 22.2. The van der Waals surface area contributed by atoms with Crippen LogP contribution in [0.25, 0.3) is 11.6 Å². The summed E-state index contributed by atoms with van der Waals surface area (Å²) < 4.78 is 19.3. The normalized spacial score (nSPS) is 25.8. The molecule has 1 aliphatic carbocycles. The smallest absolute Gasteiger partial charge is 0.252 e. The van der Waals surface area contributed by atoms with E-state index < -0.39 is 41.1 Å². The number of nitrogens with zero attached hydrogens (tertiary/aromatic N) is 2. The topological polar surface area (TPSA) is 152 Å². The van der Waals surface area contributed by atoms with Crippen LogP contribution >= 0.6 is 0 Å². The van der Waals surface area contributed by atoms with Gasteiger partial charge in [0.25, 0.3) is 5.91 Å². The summed E-state index contributed by atoms with van der Waals surface area (Å²) in [5.74, 6) is 0.733. The third kappa shape index (κ3) is 4.28. The highest BCUT2D eigenvalue weighted by Gasteiger charge is 2.61.